The molecule has 0 aliphatic carbocycles. The van der Waals surface area contributed by atoms with Gasteiger partial charge in [-0.15, -0.1) is 0 Å². The summed E-state index contributed by atoms with van der Waals surface area (Å²) in [6.45, 7) is 8.09. The molecule has 1 unspecified atom stereocenters. The normalized spacial score (nSPS) is 13.6. The van der Waals surface area contributed by atoms with E-state index in [4.69, 9.17) is 11.6 Å². The molecule has 6 heteroatoms. The molecule has 120 valence electrons. The molecular weight excluding hydrogens is 308 g/mol. The summed E-state index contributed by atoms with van der Waals surface area (Å²) in [6.07, 6.45) is 0.947. The van der Waals surface area contributed by atoms with Gasteiger partial charge in [-0.3, -0.25) is 0 Å². The van der Waals surface area contributed by atoms with E-state index in [0.29, 0.717) is 24.0 Å². The highest BCUT2D eigenvalue weighted by Gasteiger charge is 2.22. The summed E-state index contributed by atoms with van der Waals surface area (Å²) in [4.78, 5) is 0.249. The standard InChI is InChI=1S/C15H25ClN2O2S/c1-5-12(3)11-18(4)21(19,20)14-8-7-13(10-17-6-2)15(16)9-14/h7-9,12,17H,5-6,10-11H2,1-4H3. The zero-order valence-corrected chi connectivity index (χ0v) is 14.8. The lowest BCUT2D eigenvalue weighted by Gasteiger charge is -2.21. The molecule has 0 radical (unpaired) electrons. The van der Waals surface area contributed by atoms with Gasteiger partial charge in [0.05, 0.1) is 4.90 Å². The van der Waals surface area contributed by atoms with E-state index in [1.807, 2.05) is 13.8 Å². The molecule has 0 aromatic heterocycles. The minimum Gasteiger partial charge on any atom is -0.313 e. The van der Waals surface area contributed by atoms with Gasteiger partial charge in [-0.1, -0.05) is 44.9 Å². The van der Waals surface area contributed by atoms with Crippen molar-refractivity contribution >= 4 is 21.6 Å². The van der Waals surface area contributed by atoms with Gasteiger partial charge < -0.3 is 5.32 Å². The van der Waals surface area contributed by atoms with Crippen molar-refractivity contribution in [3.8, 4) is 0 Å². The van der Waals surface area contributed by atoms with E-state index < -0.39 is 10.0 Å². The van der Waals surface area contributed by atoms with Crippen molar-refractivity contribution in [1.82, 2.24) is 9.62 Å². The van der Waals surface area contributed by atoms with E-state index in [9.17, 15) is 8.42 Å². The Morgan fingerprint density at radius 1 is 1.33 bits per heavy atom. The molecule has 0 aliphatic rings. The highest BCUT2D eigenvalue weighted by molar-refractivity contribution is 7.89. The van der Waals surface area contributed by atoms with Gasteiger partial charge >= 0.3 is 0 Å². The third-order valence-corrected chi connectivity index (χ3v) is 5.74. The Labute approximate surface area is 133 Å². The number of hydrogen-bond donors (Lipinski definition) is 1. The summed E-state index contributed by atoms with van der Waals surface area (Å²) in [6, 6.07) is 4.94. The van der Waals surface area contributed by atoms with Crippen LogP contribution in [0.5, 0.6) is 0 Å². The molecule has 4 nitrogen and oxygen atoms in total. The van der Waals surface area contributed by atoms with Crippen molar-refractivity contribution in [2.45, 2.75) is 38.6 Å². The van der Waals surface area contributed by atoms with Gasteiger partial charge in [0.15, 0.2) is 0 Å². The van der Waals surface area contributed by atoms with E-state index in [1.54, 1.807) is 19.2 Å². The summed E-state index contributed by atoms with van der Waals surface area (Å²) in [7, 11) is -1.86. The van der Waals surface area contributed by atoms with Crippen LogP contribution in [0.3, 0.4) is 0 Å². The fourth-order valence-corrected chi connectivity index (χ4v) is 3.57. The number of benzene rings is 1. The average Bonchev–Trinajstić information content (AvgIpc) is 2.45. The van der Waals surface area contributed by atoms with Crippen LogP contribution in [-0.4, -0.2) is 32.9 Å². The maximum absolute atomic E-state index is 12.5. The first kappa shape index (κ1) is 18.4. The van der Waals surface area contributed by atoms with Crippen molar-refractivity contribution in [3.05, 3.63) is 28.8 Å². The second-order valence-corrected chi connectivity index (χ2v) is 7.78. The molecule has 1 aromatic rings. The largest absolute Gasteiger partial charge is 0.313 e. The molecule has 0 heterocycles. The van der Waals surface area contributed by atoms with Gasteiger partial charge in [0, 0.05) is 25.2 Å². The maximum Gasteiger partial charge on any atom is 0.242 e. The van der Waals surface area contributed by atoms with Crippen LogP contribution < -0.4 is 5.32 Å². The first-order valence-corrected chi connectivity index (χ1v) is 9.10. The van der Waals surface area contributed by atoms with Gasteiger partial charge in [0.2, 0.25) is 10.0 Å². The molecule has 0 saturated carbocycles. The number of rotatable bonds is 8. The predicted molar refractivity (Wildman–Crippen MR) is 88.1 cm³/mol. The molecule has 1 rings (SSSR count). The topological polar surface area (TPSA) is 49.4 Å². The molecule has 1 N–H and O–H groups in total. The summed E-state index contributed by atoms with van der Waals surface area (Å²) in [5.74, 6) is 0.327. The van der Waals surface area contributed by atoms with Gasteiger partial charge in [0.1, 0.15) is 0 Å². The van der Waals surface area contributed by atoms with Crippen LogP contribution in [0.2, 0.25) is 5.02 Å². The Kier molecular flexibility index (Phi) is 7.13. The molecule has 21 heavy (non-hydrogen) atoms. The third-order valence-electron chi connectivity index (χ3n) is 3.56. The first-order valence-electron chi connectivity index (χ1n) is 7.28. The highest BCUT2D eigenvalue weighted by Crippen LogP contribution is 2.23. The summed E-state index contributed by atoms with van der Waals surface area (Å²) < 4.78 is 26.4. The highest BCUT2D eigenvalue weighted by atomic mass is 35.5. The first-order chi connectivity index (χ1) is 9.82. The lowest BCUT2D eigenvalue weighted by atomic mass is 10.1. The van der Waals surface area contributed by atoms with Gasteiger partial charge in [-0.2, -0.15) is 0 Å². The number of nitrogens with zero attached hydrogens (tertiary/aromatic N) is 1. The molecule has 0 saturated heterocycles. The fourth-order valence-electron chi connectivity index (χ4n) is 1.94. The smallest absolute Gasteiger partial charge is 0.242 e. The minimum atomic E-state index is -3.48. The van der Waals surface area contributed by atoms with Crippen molar-refractivity contribution in [3.63, 3.8) is 0 Å². The van der Waals surface area contributed by atoms with Crippen LogP contribution >= 0.6 is 11.6 Å². The quantitative estimate of drug-likeness (QED) is 0.795. The van der Waals surface area contributed by atoms with E-state index in [-0.39, 0.29) is 4.90 Å². The lowest BCUT2D eigenvalue weighted by molar-refractivity contribution is 0.393. The van der Waals surface area contributed by atoms with Crippen molar-refractivity contribution in [2.24, 2.45) is 5.92 Å². The molecule has 0 amide bonds. The zero-order chi connectivity index (χ0) is 16.0. The fraction of sp³-hybridized carbons (Fsp3) is 0.600. The molecule has 0 fully saturated rings. The third kappa shape index (κ3) is 4.95. The molecule has 0 aliphatic heterocycles. The average molecular weight is 333 g/mol. The molecule has 0 bridgehead atoms. The van der Waals surface area contributed by atoms with Crippen molar-refractivity contribution in [2.75, 3.05) is 20.1 Å². The van der Waals surface area contributed by atoms with Crippen LogP contribution in [0.4, 0.5) is 0 Å². The monoisotopic (exact) mass is 332 g/mol. The van der Waals surface area contributed by atoms with Crippen LogP contribution in [-0.2, 0) is 16.6 Å². The maximum atomic E-state index is 12.5. The Balaban J connectivity index is 2.96. The lowest BCUT2D eigenvalue weighted by Crippen LogP contribution is -2.31. The molecular formula is C15H25ClN2O2S. The summed E-state index contributed by atoms with van der Waals surface area (Å²) in [5.41, 5.74) is 0.905. The van der Waals surface area contributed by atoms with Crippen LogP contribution in [0.25, 0.3) is 0 Å². The summed E-state index contributed by atoms with van der Waals surface area (Å²) >= 11 is 6.19. The SMILES string of the molecule is CCNCc1ccc(S(=O)(=O)N(C)CC(C)CC)cc1Cl. The van der Waals surface area contributed by atoms with Gasteiger partial charge in [-0.05, 0) is 30.2 Å². The number of hydrogen-bond acceptors (Lipinski definition) is 3. The predicted octanol–water partition coefficient (Wildman–Crippen LogP) is 3.12. The van der Waals surface area contributed by atoms with E-state index in [0.717, 1.165) is 18.5 Å². The Hall–Kier alpha value is -0.620. The molecule has 0 spiro atoms. The molecule has 1 aromatic carbocycles. The van der Waals surface area contributed by atoms with Gasteiger partial charge in [0.25, 0.3) is 0 Å². The molecule has 1 atom stereocenters. The van der Waals surface area contributed by atoms with Crippen molar-refractivity contribution in [1.29, 1.82) is 0 Å². The number of halogens is 1. The van der Waals surface area contributed by atoms with E-state index >= 15 is 0 Å². The van der Waals surface area contributed by atoms with E-state index in [2.05, 4.69) is 12.2 Å². The van der Waals surface area contributed by atoms with Crippen LogP contribution in [0.15, 0.2) is 23.1 Å². The summed E-state index contributed by atoms with van der Waals surface area (Å²) in [5, 5.41) is 3.66. The van der Waals surface area contributed by atoms with Crippen LogP contribution in [0.1, 0.15) is 32.8 Å². The van der Waals surface area contributed by atoms with E-state index in [1.165, 1.54) is 10.4 Å². The van der Waals surface area contributed by atoms with Crippen molar-refractivity contribution < 1.29 is 8.42 Å². The van der Waals surface area contributed by atoms with Gasteiger partial charge in [-0.25, -0.2) is 12.7 Å². The second-order valence-electron chi connectivity index (χ2n) is 5.33. The zero-order valence-electron chi connectivity index (χ0n) is 13.2. The minimum absolute atomic E-state index is 0.249. The van der Waals surface area contributed by atoms with Crippen LogP contribution in [0, 0.1) is 5.92 Å². The number of sulfonamides is 1. The Morgan fingerprint density at radius 2 is 2.00 bits per heavy atom. The second kappa shape index (κ2) is 8.13. The Bertz CT molecular complexity index is 561. The Morgan fingerprint density at radius 3 is 2.52 bits per heavy atom. The number of nitrogens with one attached hydrogen (secondary N) is 1.